The molecule has 1 amide bonds. The Labute approximate surface area is 133 Å². The molecule has 0 spiro atoms. The smallest absolute Gasteiger partial charge is 0.247 e. The third-order valence-corrected chi connectivity index (χ3v) is 3.44. The zero-order valence-electron chi connectivity index (χ0n) is 12.8. The largest absolute Gasteiger partial charge is 0.500 e. The van der Waals surface area contributed by atoms with E-state index in [0.717, 1.165) is 29.9 Å². The second-order valence-electron chi connectivity index (χ2n) is 5.02. The van der Waals surface area contributed by atoms with E-state index in [9.17, 15) is 4.79 Å². The van der Waals surface area contributed by atoms with Gasteiger partial charge in [0.2, 0.25) is 5.91 Å². The molecule has 0 bridgehead atoms. The lowest BCUT2D eigenvalue weighted by Crippen LogP contribution is -2.19. The van der Waals surface area contributed by atoms with Crippen LogP contribution in [0.5, 0.6) is 0 Å². The molecular formula is C16H17N5O2. The van der Waals surface area contributed by atoms with Crippen LogP contribution in [0, 0.1) is 0 Å². The first kappa shape index (κ1) is 15.0. The van der Waals surface area contributed by atoms with Crippen molar-refractivity contribution in [1.29, 1.82) is 0 Å². The highest BCUT2D eigenvalue weighted by Crippen LogP contribution is 2.27. The molecule has 0 saturated carbocycles. The van der Waals surface area contributed by atoms with Gasteiger partial charge in [-0.1, -0.05) is 12.2 Å². The van der Waals surface area contributed by atoms with Crippen molar-refractivity contribution in [3.05, 3.63) is 54.5 Å². The van der Waals surface area contributed by atoms with Gasteiger partial charge in [-0.05, 0) is 12.5 Å². The Morgan fingerprint density at radius 3 is 3.13 bits per heavy atom. The fourth-order valence-electron chi connectivity index (χ4n) is 2.38. The van der Waals surface area contributed by atoms with Crippen LogP contribution < -0.4 is 5.32 Å². The minimum Gasteiger partial charge on any atom is -0.500 e. The van der Waals surface area contributed by atoms with Gasteiger partial charge in [0.15, 0.2) is 0 Å². The van der Waals surface area contributed by atoms with Gasteiger partial charge in [-0.2, -0.15) is 5.10 Å². The van der Waals surface area contributed by atoms with Crippen LogP contribution >= 0.6 is 0 Å². The van der Waals surface area contributed by atoms with E-state index >= 15 is 0 Å². The molecule has 23 heavy (non-hydrogen) atoms. The third-order valence-electron chi connectivity index (χ3n) is 3.44. The summed E-state index contributed by atoms with van der Waals surface area (Å²) in [5.41, 5.74) is 1.64. The maximum atomic E-state index is 12.0. The molecule has 1 N–H and O–H groups in total. The van der Waals surface area contributed by atoms with Gasteiger partial charge in [-0.15, -0.1) is 0 Å². The molecule has 0 radical (unpaired) electrons. The van der Waals surface area contributed by atoms with Crippen molar-refractivity contribution in [3.63, 3.8) is 0 Å². The van der Waals surface area contributed by atoms with E-state index < -0.39 is 0 Å². The van der Waals surface area contributed by atoms with Crippen molar-refractivity contribution in [3.8, 4) is 0 Å². The van der Waals surface area contributed by atoms with Crippen LogP contribution in [0.3, 0.4) is 0 Å². The van der Waals surface area contributed by atoms with Crippen LogP contribution in [0.2, 0.25) is 0 Å². The number of carbonyl (C=O) groups is 1. The predicted molar refractivity (Wildman–Crippen MR) is 85.2 cm³/mol. The average molecular weight is 311 g/mol. The number of methoxy groups -OCH3 is 1. The molecule has 7 nitrogen and oxygen atoms in total. The molecule has 2 aromatic rings. The zero-order valence-corrected chi connectivity index (χ0v) is 12.8. The number of allylic oxidation sites excluding steroid dienone is 4. The van der Waals surface area contributed by atoms with Crippen molar-refractivity contribution in [2.75, 3.05) is 12.4 Å². The quantitative estimate of drug-likeness (QED) is 0.913. The molecule has 1 aliphatic carbocycles. The Morgan fingerprint density at radius 1 is 1.43 bits per heavy atom. The van der Waals surface area contributed by atoms with E-state index in [1.54, 1.807) is 36.3 Å². The summed E-state index contributed by atoms with van der Waals surface area (Å²) >= 11 is 0. The molecule has 0 atom stereocenters. The fourth-order valence-corrected chi connectivity index (χ4v) is 2.38. The Hall–Kier alpha value is -2.96. The Kier molecular flexibility index (Phi) is 4.46. The van der Waals surface area contributed by atoms with E-state index in [1.807, 2.05) is 6.08 Å². The second kappa shape index (κ2) is 6.87. The summed E-state index contributed by atoms with van der Waals surface area (Å²) < 4.78 is 6.97. The van der Waals surface area contributed by atoms with Crippen molar-refractivity contribution >= 4 is 17.3 Å². The Morgan fingerprint density at radius 2 is 2.35 bits per heavy atom. The minimum atomic E-state index is -0.196. The first-order valence-corrected chi connectivity index (χ1v) is 7.29. The number of carbonyl (C=O) groups excluding carboxylic acids is 1. The number of aromatic nitrogens is 4. The minimum absolute atomic E-state index is 0.137. The lowest BCUT2D eigenvalue weighted by molar-refractivity contribution is -0.116. The molecule has 0 aliphatic heterocycles. The molecule has 3 rings (SSSR count). The summed E-state index contributed by atoms with van der Waals surface area (Å²) in [6.45, 7) is 0.137. The highest BCUT2D eigenvalue weighted by Gasteiger charge is 2.13. The van der Waals surface area contributed by atoms with Gasteiger partial charge in [-0.25, -0.2) is 9.97 Å². The van der Waals surface area contributed by atoms with Crippen LogP contribution in [-0.4, -0.2) is 32.8 Å². The number of hydrogen-bond acceptors (Lipinski definition) is 5. The molecule has 2 heterocycles. The molecule has 7 heteroatoms. The van der Waals surface area contributed by atoms with Crippen molar-refractivity contribution in [2.45, 2.75) is 19.4 Å². The molecule has 0 aromatic carbocycles. The molecule has 0 fully saturated rings. The van der Waals surface area contributed by atoms with E-state index in [-0.39, 0.29) is 12.5 Å². The van der Waals surface area contributed by atoms with E-state index in [4.69, 9.17) is 4.74 Å². The molecule has 2 aromatic heterocycles. The summed E-state index contributed by atoms with van der Waals surface area (Å²) in [7, 11) is 1.66. The Balaban J connectivity index is 1.76. The number of amides is 1. The number of ether oxygens (including phenoxy) is 1. The van der Waals surface area contributed by atoms with Crippen molar-refractivity contribution in [1.82, 2.24) is 19.7 Å². The second-order valence-corrected chi connectivity index (χ2v) is 5.02. The summed E-state index contributed by atoms with van der Waals surface area (Å²) in [6.07, 6.45) is 10.6. The Bertz CT molecular complexity index is 750. The summed E-state index contributed by atoms with van der Waals surface area (Å²) in [5, 5.41) is 6.75. The van der Waals surface area contributed by atoms with E-state index in [0.29, 0.717) is 5.82 Å². The molecule has 118 valence electrons. The number of nitrogens with zero attached hydrogens (tertiary/aromatic N) is 4. The highest BCUT2D eigenvalue weighted by atomic mass is 16.5. The number of nitrogens with one attached hydrogen (secondary N) is 1. The lowest BCUT2D eigenvalue weighted by Gasteiger charge is -2.14. The molecular weight excluding hydrogens is 294 g/mol. The van der Waals surface area contributed by atoms with Gasteiger partial charge in [0.1, 0.15) is 24.4 Å². The topological polar surface area (TPSA) is 81.9 Å². The van der Waals surface area contributed by atoms with Crippen LogP contribution in [0.4, 0.5) is 5.82 Å². The normalized spacial score (nSPS) is 14.0. The predicted octanol–water partition coefficient (Wildman–Crippen LogP) is 2.02. The first-order chi connectivity index (χ1) is 11.3. The van der Waals surface area contributed by atoms with Crippen LogP contribution in [-0.2, 0) is 16.1 Å². The van der Waals surface area contributed by atoms with Gasteiger partial charge >= 0.3 is 0 Å². The number of anilines is 1. The molecule has 0 unspecified atom stereocenters. The van der Waals surface area contributed by atoms with Gasteiger partial charge in [-0.3, -0.25) is 9.48 Å². The summed E-state index contributed by atoms with van der Waals surface area (Å²) in [4.78, 5) is 20.4. The van der Waals surface area contributed by atoms with Crippen molar-refractivity contribution in [2.24, 2.45) is 0 Å². The third kappa shape index (κ3) is 3.63. The number of hydrogen-bond donors (Lipinski definition) is 1. The van der Waals surface area contributed by atoms with Crippen molar-refractivity contribution < 1.29 is 9.53 Å². The van der Waals surface area contributed by atoms with Crippen LogP contribution in [0.1, 0.15) is 18.5 Å². The maximum Gasteiger partial charge on any atom is 0.247 e. The summed E-state index contributed by atoms with van der Waals surface area (Å²) in [5.74, 6) is 1.15. The first-order valence-electron chi connectivity index (χ1n) is 7.29. The van der Waals surface area contributed by atoms with E-state index in [1.165, 1.54) is 6.33 Å². The maximum absolute atomic E-state index is 12.0. The van der Waals surface area contributed by atoms with Gasteiger partial charge < -0.3 is 10.1 Å². The zero-order chi connectivity index (χ0) is 16.1. The monoisotopic (exact) mass is 311 g/mol. The van der Waals surface area contributed by atoms with Crippen LogP contribution in [0.25, 0.3) is 5.57 Å². The van der Waals surface area contributed by atoms with Gasteiger partial charge in [0, 0.05) is 30.5 Å². The van der Waals surface area contributed by atoms with E-state index in [2.05, 4.69) is 26.5 Å². The standard InChI is InChI=1S/C16H17N5O2/c1-23-14-6-3-2-5-12(14)13-9-15(18-11-17-13)20-16(22)10-21-8-4-7-19-21/h2,4-5,7-9,11H,3,6,10H2,1H3,(H,17,18,20,22). The van der Waals surface area contributed by atoms with Gasteiger partial charge in [0.05, 0.1) is 12.8 Å². The highest BCUT2D eigenvalue weighted by molar-refractivity contribution is 5.90. The molecule has 1 aliphatic rings. The summed E-state index contributed by atoms with van der Waals surface area (Å²) in [6, 6.07) is 3.51. The number of rotatable bonds is 5. The van der Waals surface area contributed by atoms with Crippen LogP contribution in [0.15, 0.2) is 48.8 Å². The lowest BCUT2D eigenvalue weighted by atomic mass is 10.0. The average Bonchev–Trinajstić information content (AvgIpc) is 3.07. The SMILES string of the molecule is COC1=C(c2cc(NC(=O)Cn3cccn3)ncn2)C=CCC1. The van der Waals surface area contributed by atoms with Gasteiger partial charge in [0.25, 0.3) is 0 Å². The molecule has 0 saturated heterocycles. The fraction of sp³-hybridized carbons (Fsp3) is 0.250.